The lowest BCUT2D eigenvalue weighted by Crippen LogP contribution is -2.54. The van der Waals surface area contributed by atoms with E-state index in [9.17, 15) is 0 Å². The second kappa shape index (κ2) is 8.47. The minimum Gasteiger partial charge on any atom is -0.351 e. The van der Waals surface area contributed by atoms with E-state index < -0.39 is 0 Å². The van der Waals surface area contributed by atoms with Crippen LogP contribution in [0.25, 0.3) is 10.9 Å². The number of H-pyrrole nitrogens is 1. The number of nitrogens with one attached hydrogen (secondary N) is 4. The number of nitriles is 1. The maximum atomic E-state index is 8.89. The van der Waals surface area contributed by atoms with Crippen LogP contribution in [0.4, 0.5) is 17.6 Å². The highest BCUT2D eigenvalue weighted by Gasteiger charge is 2.35. The molecule has 9 heteroatoms. The van der Waals surface area contributed by atoms with Gasteiger partial charge in [0, 0.05) is 47.9 Å². The molecule has 0 amide bonds. The van der Waals surface area contributed by atoms with Gasteiger partial charge in [-0.05, 0) is 51.0 Å². The van der Waals surface area contributed by atoms with Crippen molar-refractivity contribution in [2.75, 3.05) is 10.6 Å². The summed E-state index contributed by atoms with van der Waals surface area (Å²) in [5.41, 5.74) is 1.77. The number of rotatable bonds is 6. The zero-order valence-corrected chi connectivity index (χ0v) is 17.6. The predicted molar refractivity (Wildman–Crippen MR) is 119 cm³/mol. The number of hydrogen-bond donors (Lipinski definition) is 4. The number of pyridine rings is 1. The molecule has 0 spiro atoms. The van der Waals surface area contributed by atoms with Gasteiger partial charge in [-0.3, -0.25) is 10.1 Å². The SMILES string of the molecule is Cc1cc(Nc2nc(NC3CC4CC(CCC#N)CC(C3)N4)nc3cnccc23)n[nH]1. The topological polar surface area (TPSA) is 127 Å². The monoisotopic (exact) mass is 417 g/mol. The molecule has 0 aromatic carbocycles. The minimum atomic E-state index is 0.322. The number of piperidine rings is 2. The first-order valence-corrected chi connectivity index (χ1v) is 11.0. The summed E-state index contributed by atoms with van der Waals surface area (Å²) in [7, 11) is 0. The Morgan fingerprint density at radius 2 is 2.03 bits per heavy atom. The van der Waals surface area contributed by atoms with E-state index in [2.05, 4.69) is 37.2 Å². The van der Waals surface area contributed by atoms with Crippen LogP contribution in [-0.2, 0) is 0 Å². The molecule has 4 N–H and O–H groups in total. The molecule has 9 nitrogen and oxygen atoms in total. The van der Waals surface area contributed by atoms with Crippen molar-refractivity contribution in [2.45, 2.75) is 63.6 Å². The fourth-order valence-electron chi connectivity index (χ4n) is 5.03. The Morgan fingerprint density at radius 1 is 1.19 bits per heavy atom. The van der Waals surface area contributed by atoms with Gasteiger partial charge in [-0.2, -0.15) is 15.3 Å². The molecular weight excluding hydrogens is 390 g/mol. The van der Waals surface area contributed by atoms with Crippen molar-refractivity contribution in [3.63, 3.8) is 0 Å². The summed E-state index contributed by atoms with van der Waals surface area (Å²) in [5, 5.41) is 27.7. The molecule has 5 rings (SSSR count). The number of anilines is 3. The molecule has 31 heavy (non-hydrogen) atoms. The Balaban J connectivity index is 1.33. The van der Waals surface area contributed by atoms with Crippen LogP contribution in [0.15, 0.2) is 24.5 Å². The third kappa shape index (κ3) is 4.44. The Bertz CT molecular complexity index is 1090. The molecule has 2 bridgehead atoms. The van der Waals surface area contributed by atoms with E-state index in [-0.39, 0.29) is 0 Å². The van der Waals surface area contributed by atoms with E-state index in [1.807, 2.05) is 19.1 Å². The van der Waals surface area contributed by atoms with Gasteiger partial charge in [0.2, 0.25) is 5.95 Å². The van der Waals surface area contributed by atoms with Gasteiger partial charge in [-0.25, -0.2) is 4.98 Å². The average Bonchev–Trinajstić information content (AvgIpc) is 3.16. The quantitative estimate of drug-likeness (QED) is 0.480. The maximum Gasteiger partial charge on any atom is 0.225 e. The third-order valence-corrected chi connectivity index (χ3v) is 6.29. The van der Waals surface area contributed by atoms with Crippen LogP contribution in [-0.4, -0.2) is 43.3 Å². The highest BCUT2D eigenvalue weighted by molar-refractivity contribution is 5.90. The van der Waals surface area contributed by atoms with Gasteiger partial charge >= 0.3 is 0 Å². The fraction of sp³-hybridized carbons (Fsp3) is 0.500. The van der Waals surface area contributed by atoms with Crippen LogP contribution in [0.2, 0.25) is 0 Å². The van der Waals surface area contributed by atoms with Crippen molar-refractivity contribution in [3.05, 3.63) is 30.2 Å². The van der Waals surface area contributed by atoms with Gasteiger partial charge in [0.05, 0.1) is 17.8 Å². The van der Waals surface area contributed by atoms with Crippen LogP contribution in [0.3, 0.4) is 0 Å². The molecule has 0 saturated carbocycles. The van der Waals surface area contributed by atoms with Gasteiger partial charge < -0.3 is 16.0 Å². The summed E-state index contributed by atoms with van der Waals surface area (Å²) < 4.78 is 0. The molecule has 3 aromatic rings. The zero-order valence-electron chi connectivity index (χ0n) is 17.6. The smallest absolute Gasteiger partial charge is 0.225 e. The lowest BCUT2D eigenvalue weighted by molar-refractivity contribution is 0.171. The van der Waals surface area contributed by atoms with Crippen LogP contribution >= 0.6 is 0 Å². The van der Waals surface area contributed by atoms with Gasteiger partial charge in [-0.15, -0.1) is 0 Å². The van der Waals surface area contributed by atoms with Crippen molar-refractivity contribution < 1.29 is 0 Å². The molecule has 2 aliphatic heterocycles. The van der Waals surface area contributed by atoms with Crippen LogP contribution in [0.1, 0.15) is 44.2 Å². The minimum absolute atomic E-state index is 0.322. The average molecular weight is 418 g/mol. The number of hydrogen-bond acceptors (Lipinski definition) is 8. The molecule has 160 valence electrons. The lowest BCUT2D eigenvalue weighted by Gasteiger charge is -2.43. The Morgan fingerprint density at radius 3 is 2.77 bits per heavy atom. The maximum absolute atomic E-state index is 8.89. The molecule has 2 unspecified atom stereocenters. The number of nitrogens with zero attached hydrogens (tertiary/aromatic N) is 5. The molecule has 2 atom stereocenters. The fourth-order valence-corrected chi connectivity index (χ4v) is 5.03. The van der Waals surface area contributed by atoms with Gasteiger partial charge in [0.1, 0.15) is 5.82 Å². The van der Waals surface area contributed by atoms with Crippen LogP contribution in [0, 0.1) is 24.2 Å². The predicted octanol–water partition coefficient (Wildman–Crippen LogP) is 3.41. The van der Waals surface area contributed by atoms with E-state index in [4.69, 9.17) is 15.2 Å². The molecule has 0 radical (unpaired) electrons. The number of aryl methyl sites for hydroxylation is 1. The summed E-state index contributed by atoms with van der Waals surface area (Å²) in [6.07, 6.45) is 9.55. The summed E-state index contributed by atoms with van der Waals surface area (Å²) in [6.45, 7) is 1.96. The second-order valence-electron chi connectivity index (χ2n) is 8.76. The van der Waals surface area contributed by atoms with Crippen molar-refractivity contribution in [3.8, 4) is 6.07 Å². The number of aromatic amines is 1. The summed E-state index contributed by atoms with van der Waals surface area (Å²) >= 11 is 0. The van der Waals surface area contributed by atoms with E-state index in [1.54, 1.807) is 12.4 Å². The largest absolute Gasteiger partial charge is 0.351 e. The highest BCUT2D eigenvalue weighted by Crippen LogP contribution is 2.33. The second-order valence-corrected chi connectivity index (χ2v) is 8.76. The summed E-state index contributed by atoms with van der Waals surface area (Å²) in [6, 6.07) is 7.45. The molecular formula is C22H27N9. The summed E-state index contributed by atoms with van der Waals surface area (Å²) in [4.78, 5) is 13.7. The summed E-state index contributed by atoms with van der Waals surface area (Å²) in [5.74, 6) is 2.71. The molecule has 2 aliphatic rings. The lowest BCUT2D eigenvalue weighted by atomic mass is 9.77. The first kappa shape index (κ1) is 19.7. The van der Waals surface area contributed by atoms with Crippen molar-refractivity contribution in [1.82, 2.24) is 30.5 Å². The van der Waals surface area contributed by atoms with E-state index in [1.165, 1.54) is 0 Å². The van der Waals surface area contributed by atoms with Crippen molar-refractivity contribution in [2.24, 2.45) is 5.92 Å². The number of aromatic nitrogens is 5. The van der Waals surface area contributed by atoms with Gasteiger partial charge in [-0.1, -0.05) is 0 Å². The molecule has 5 heterocycles. The van der Waals surface area contributed by atoms with Gasteiger partial charge in [0.15, 0.2) is 5.82 Å². The first-order valence-electron chi connectivity index (χ1n) is 11.0. The van der Waals surface area contributed by atoms with Gasteiger partial charge in [0.25, 0.3) is 0 Å². The van der Waals surface area contributed by atoms with Crippen molar-refractivity contribution in [1.29, 1.82) is 5.26 Å². The Hall–Kier alpha value is -3.25. The zero-order chi connectivity index (χ0) is 21.2. The van der Waals surface area contributed by atoms with Crippen LogP contribution < -0.4 is 16.0 Å². The molecule has 3 aromatic heterocycles. The standard InChI is InChI=1S/C22H27N9/c1-13-7-20(31-30-13)28-21-18-4-6-24-12-19(18)27-22(29-21)26-17-10-15-8-14(3-2-5-23)9-16(11-17)25-15/h4,6-7,12,14-17,25H,2-3,8-11H2,1H3,(H3,26,27,28,29,30,31). The Labute approximate surface area is 181 Å². The van der Waals surface area contributed by atoms with E-state index in [0.29, 0.717) is 42.2 Å². The van der Waals surface area contributed by atoms with E-state index in [0.717, 1.165) is 54.5 Å². The van der Waals surface area contributed by atoms with Crippen molar-refractivity contribution >= 4 is 28.5 Å². The Kier molecular flexibility index (Phi) is 5.38. The van der Waals surface area contributed by atoms with Crippen LogP contribution in [0.5, 0.6) is 0 Å². The normalized spacial score (nSPS) is 25.2. The number of fused-ring (bicyclic) bond motifs is 3. The first-order chi connectivity index (χ1) is 15.2. The molecule has 2 fully saturated rings. The van der Waals surface area contributed by atoms with E-state index >= 15 is 0 Å². The third-order valence-electron chi connectivity index (χ3n) is 6.29. The molecule has 0 aliphatic carbocycles. The molecule has 2 saturated heterocycles. The highest BCUT2D eigenvalue weighted by atomic mass is 15.2.